The first-order valence-electron chi connectivity index (χ1n) is 6.30. The quantitative estimate of drug-likeness (QED) is 0.832. The average Bonchev–Trinajstić information content (AvgIpc) is 2.77. The molecule has 0 radical (unpaired) electrons. The van der Waals surface area contributed by atoms with Crippen LogP contribution >= 0.6 is 0 Å². The van der Waals surface area contributed by atoms with E-state index in [0.717, 1.165) is 30.6 Å². The lowest BCUT2D eigenvalue weighted by Crippen LogP contribution is -2.21. The largest absolute Gasteiger partial charge is 0.373 e. The van der Waals surface area contributed by atoms with Gasteiger partial charge in [-0.25, -0.2) is 0 Å². The number of nitrogens with one attached hydrogen (secondary N) is 1. The Kier molecular flexibility index (Phi) is 3.66. The van der Waals surface area contributed by atoms with Crippen molar-refractivity contribution in [1.29, 1.82) is 0 Å². The van der Waals surface area contributed by atoms with E-state index in [1.54, 1.807) is 0 Å². The highest BCUT2D eigenvalue weighted by molar-refractivity contribution is 5.52. The van der Waals surface area contributed by atoms with Crippen LogP contribution in [0.3, 0.4) is 0 Å². The van der Waals surface area contributed by atoms with Gasteiger partial charge in [-0.1, -0.05) is 13.3 Å². The monoisotopic (exact) mass is 235 g/mol. The third-order valence-electron chi connectivity index (χ3n) is 3.29. The van der Waals surface area contributed by atoms with Gasteiger partial charge in [-0.05, 0) is 18.8 Å². The van der Waals surface area contributed by atoms with Gasteiger partial charge in [0.15, 0.2) is 0 Å². The fourth-order valence-corrected chi connectivity index (χ4v) is 2.43. The standard InChI is InChI=1S/C12H21N5/c1-3-4-9-5-6-17(8-9)11-7-10(14-2)15-12(13)16-11/h7,9H,3-6,8H2,1-2H3,(H3,13,14,15,16). The van der Waals surface area contributed by atoms with E-state index in [-0.39, 0.29) is 0 Å². The number of hydrogen-bond acceptors (Lipinski definition) is 5. The lowest BCUT2D eigenvalue weighted by molar-refractivity contribution is 0.529. The molecule has 0 bridgehead atoms. The molecule has 1 atom stereocenters. The van der Waals surface area contributed by atoms with Crippen LogP contribution in [0.4, 0.5) is 17.6 Å². The third kappa shape index (κ3) is 2.78. The number of rotatable bonds is 4. The molecular formula is C12H21N5. The highest BCUT2D eigenvalue weighted by Crippen LogP contribution is 2.26. The Morgan fingerprint density at radius 1 is 1.53 bits per heavy atom. The molecule has 0 amide bonds. The van der Waals surface area contributed by atoms with Crippen LogP contribution in [0.15, 0.2) is 6.07 Å². The number of nitrogens with two attached hydrogens (primary N) is 1. The minimum Gasteiger partial charge on any atom is -0.373 e. The van der Waals surface area contributed by atoms with Gasteiger partial charge in [-0.3, -0.25) is 0 Å². The Bertz CT molecular complexity index is 379. The average molecular weight is 235 g/mol. The summed E-state index contributed by atoms with van der Waals surface area (Å²) in [5.41, 5.74) is 5.71. The van der Waals surface area contributed by atoms with Crippen LogP contribution in [0.25, 0.3) is 0 Å². The summed E-state index contributed by atoms with van der Waals surface area (Å²) in [5.74, 6) is 2.87. The van der Waals surface area contributed by atoms with Crippen molar-refractivity contribution in [1.82, 2.24) is 9.97 Å². The predicted octanol–water partition coefficient (Wildman–Crippen LogP) is 1.73. The zero-order valence-electron chi connectivity index (χ0n) is 10.6. The molecule has 5 heteroatoms. The summed E-state index contributed by atoms with van der Waals surface area (Å²) < 4.78 is 0. The third-order valence-corrected chi connectivity index (χ3v) is 3.29. The minimum atomic E-state index is 0.339. The Hall–Kier alpha value is -1.52. The maximum atomic E-state index is 5.71. The van der Waals surface area contributed by atoms with Crippen LogP contribution in [0.1, 0.15) is 26.2 Å². The predicted molar refractivity (Wildman–Crippen MR) is 71.2 cm³/mol. The maximum absolute atomic E-state index is 5.71. The molecule has 1 fully saturated rings. The van der Waals surface area contributed by atoms with Gasteiger partial charge in [0.2, 0.25) is 5.95 Å². The lowest BCUT2D eigenvalue weighted by atomic mass is 10.0. The first kappa shape index (κ1) is 12.0. The summed E-state index contributed by atoms with van der Waals surface area (Å²) in [6.45, 7) is 4.40. The summed E-state index contributed by atoms with van der Waals surface area (Å²) in [6.07, 6.45) is 3.81. The van der Waals surface area contributed by atoms with Gasteiger partial charge in [-0.2, -0.15) is 9.97 Å². The number of nitrogens with zero attached hydrogens (tertiary/aromatic N) is 3. The van der Waals surface area contributed by atoms with E-state index < -0.39 is 0 Å². The molecule has 1 unspecified atom stereocenters. The lowest BCUT2D eigenvalue weighted by Gasteiger charge is -2.18. The maximum Gasteiger partial charge on any atom is 0.223 e. The molecule has 0 aromatic carbocycles. The van der Waals surface area contributed by atoms with E-state index in [1.165, 1.54) is 19.3 Å². The van der Waals surface area contributed by atoms with Crippen LogP contribution in [0, 0.1) is 5.92 Å². The molecule has 1 aromatic rings. The van der Waals surface area contributed by atoms with Crippen LogP contribution < -0.4 is 16.0 Å². The molecule has 1 aliphatic rings. The van der Waals surface area contributed by atoms with Gasteiger partial charge in [0.25, 0.3) is 0 Å². The first-order valence-corrected chi connectivity index (χ1v) is 6.30. The second kappa shape index (κ2) is 5.21. The molecule has 1 saturated heterocycles. The zero-order valence-corrected chi connectivity index (χ0v) is 10.6. The Balaban J connectivity index is 2.10. The van der Waals surface area contributed by atoms with E-state index in [1.807, 2.05) is 13.1 Å². The number of anilines is 3. The number of nitrogen functional groups attached to an aromatic ring is 1. The van der Waals surface area contributed by atoms with E-state index in [2.05, 4.69) is 27.1 Å². The Morgan fingerprint density at radius 2 is 2.35 bits per heavy atom. The van der Waals surface area contributed by atoms with Crippen LogP contribution in [-0.2, 0) is 0 Å². The van der Waals surface area contributed by atoms with Crippen LogP contribution in [-0.4, -0.2) is 30.1 Å². The highest BCUT2D eigenvalue weighted by atomic mass is 15.2. The second-order valence-corrected chi connectivity index (χ2v) is 4.61. The molecular weight excluding hydrogens is 214 g/mol. The topological polar surface area (TPSA) is 67.1 Å². The van der Waals surface area contributed by atoms with Gasteiger partial charge in [-0.15, -0.1) is 0 Å². The minimum absolute atomic E-state index is 0.339. The van der Waals surface area contributed by atoms with Crippen molar-refractivity contribution in [2.24, 2.45) is 5.92 Å². The van der Waals surface area contributed by atoms with Crippen molar-refractivity contribution < 1.29 is 0 Å². The molecule has 2 rings (SSSR count). The Labute approximate surface area is 102 Å². The van der Waals surface area contributed by atoms with Crippen molar-refractivity contribution in [2.75, 3.05) is 36.1 Å². The van der Waals surface area contributed by atoms with E-state index >= 15 is 0 Å². The van der Waals surface area contributed by atoms with Gasteiger partial charge >= 0.3 is 0 Å². The van der Waals surface area contributed by atoms with Crippen LogP contribution in [0.2, 0.25) is 0 Å². The first-order chi connectivity index (χ1) is 8.22. The molecule has 2 heterocycles. The molecule has 1 aromatic heterocycles. The van der Waals surface area contributed by atoms with Crippen molar-refractivity contribution in [3.63, 3.8) is 0 Å². The second-order valence-electron chi connectivity index (χ2n) is 4.61. The summed E-state index contributed by atoms with van der Waals surface area (Å²) in [7, 11) is 1.84. The van der Waals surface area contributed by atoms with Crippen LogP contribution in [0.5, 0.6) is 0 Å². The Morgan fingerprint density at radius 3 is 3.06 bits per heavy atom. The van der Waals surface area contributed by atoms with Gasteiger partial charge in [0.1, 0.15) is 11.6 Å². The molecule has 0 saturated carbocycles. The molecule has 0 aliphatic carbocycles. The summed E-state index contributed by atoms with van der Waals surface area (Å²) >= 11 is 0. The SMILES string of the molecule is CCCC1CCN(c2cc(NC)nc(N)n2)C1. The normalized spacial score (nSPS) is 19.6. The van der Waals surface area contributed by atoms with E-state index in [9.17, 15) is 0 Å². The molecule has 17 heavy (non-hydrogen) atoms. The van der Waals surface area contributed by atoms with Crippen molar-refractivity contribution in [2.45, 2.75) is 26.2 Å². The van der Waals surface area contributed by atoms with Crippen molar-refractivity contribution in [3.05, 3.63) is 6.07 Å². The molecule has 94 valence electrons. The van der Waals surface area contributed by atoms with E-state index in [4.69, 9.17) is 5.73 Å². The highest BCUT2D eigenvalue weighted by Gasteiger charge is 2.23. The van der Waals surface area contributed by atoms with Crippen molar-refractivity contribution in [3.8, 4) is 0 Å². The molecule has 0 spiro atoms. The van der Waals surface area contributed by atoms with Gasteiger partial charge in [0, 0.05) is 26.2 Å². The van der Waals surface area contributed by atoms with Gasteiger partial charge in [0.05, 0.1) is 0 Å². The molecule has 5 nitrogen and oxygen atoms in total. The summed E-state index contributed by atoms with van der Waals surface area (Å²) in [6, 6.07) is 1.96. The summed E-state index contributed by atoms with van der Waals surface area (Å²) in [4.78, 5) is 10.7. The summed E-state index contributed by atoms with van der Waals surface area (Å²) in [5, 5.41) is 3.01. The molecule has 3 N–H and O–H groups in total. The smallest absolute Gasteiger partial charge is 0.223 e. The number of aromatic nitrogens is 2. The zero-order chi connectivity index (χ0) is 12.3. The fraction of sp³-hybridized carbons (Fsp3) is 0.667. The van der Waals surface area contributed by atoms with E-state index in [0.29, 0.717) is 5.95 Å². The van der Waals surface area contributed by atoms with Gasteiger partial charge < -0.3 is 16.0 Å². The number of hydrogen-bond donors (Lipinski definition) is 2. The fourth-order valence-electron chi connectivity index (χ4n) is 2.43. The molecule has 1 aliphatic heterocycles. The van der Waals surface area contributed by atoms with Crippen molar-refractivity contribution >= 4 is 17.6 Å².